The number of carbonyl (C=O) groups is 1. The highest BCUT2D eigenvalue weighted by Crippen LogP contribution is 2.38. The molecule has 15 heavy (non-hydrogen) atoms. The molecule has 0 aromatic rings. The average Bonchev–Trinajstić information content (AvgIpc) is 3.00. The van der Waals surface area contributed by atoms with Gasteiger partial charge in [0.15, 0.2) is 0 Å². The summed E-state index contributed by atoms with van der Waals surface area (Å²) < 4.78 is 0. The molecule has 2 fully saturated rings. The molecular formula is C12H22N2O. The van der Waals surface area contributed by atoms with Crippen LogP contribution in [-0.4, -0.2) is 37.5 Å². The van der Waals surface area contributed by atoms with E-state index in [2.05, 4.69) is 31.2 Å². The van der Waals surface area contributed by atoms with Crippen molar-refractivity contribution in [2.45, 2.75) is 32.2 Å². The second-order valence-corrected chi connectivity index (χ2v) is 5.43. The van der Waals surface area contributed by atoms with Gasteiger partial charge in [0.1, 0.15) is 0 Å². The Balaban J connectivity index is 1.73. The van der Waals surface area contributed by atoms with Gasteiger partial charge in [-0.1, -0.05) is 6.92 Å². The maximum absolute atomic E-state index is 11.7. The summed E-state index contributed by atoms with van der Waals surface area (Å²) in [6, 6.07) is 0.544. The number of amides is 1. The van der Waals surface area contributed by atoms with Crippen LogP contribution in [0.3, 0.4) is 0 Å². The van der Waals surface area contributed by atoms with Gasteiger partial charge in [-0.2, -0.15) is 0 Å². The van der Waals surface area contributed by atoms with E-state index in [-0.39, 0.29) is 5.91 Å². The molecular weight excluding hydrogens is 188 g/mol. The molecule has 0 radical (unpaired) electrons. The van der Waals surface area contributed by atoms with Gasteiger partial charge in [-0.15, -0.1) is 0 Å². The zero-order valence-electron chi connectivity index (χ0n) is 9.99. The molecule has 3 heteroatoms. The van der Waals surface area contributed by atoms with E-state index in [0.717, 1.165) is 18.9 Å². The Hall–Kier alpha value is -0.570. The summed E-state index contributed by atoms with van der Waals surface area (Å²) in [5.41, 5.74) is 0. The Kier molecular flexibility index (Phi) is 3.01. The Morgan fingerprint density at radius 1 is 1.47 bits per heavy atom. The third-order valence-electron chi connectivity index (χ3n) is 3.76. The van der Waals surface area contributed by atoms with Crippen LogP contribution in [0.1, 0.15) is 26.2 Å². The van der Waals surface area contributed by atoms with Gasteiger partial charge < -0.3 is 10.2 Å². The van der Waals surface area contributed by atoms with Crippen molar-refractivity contribution in [2.75, 3.05) is 20.6 Å². The van der Waals surface area contributed by atoms with E-state index in [4.69, 9.17) is 0 Å². The summed E-state index contributed by atoms with van der Waals surface area (Å²) in [6.07, 6.45) is 3.75. The van der Waals surface area contributed by atoms with Crippen LogP contribution in [-0.2, 0) is 4.79 Å². The van der Waals surface area contributed by atoms with E-state index >= 15 is 0 Å². The molecule has 0 bridgehead atoms. The molecule has 0 unspecified atom stereocenters. The molecule has 86 valence electrons. The van der Waals surface area contributed by atoms with Crippen LogP contribution in [0.25, 0.3) is 0 Å². The Labute approximate surface area is 92.2 Å². The van der Waals surface area contributed by atoms with Crippen molar-refractivity contribution >= 4 is 5.91 Å². The molecule has 1 N–H and O–H groups in total. The molecule has 0 heterocycles. The first-order chi connectivity index (χ1) is 7.09. The number of likely N-dealkylation sites (N-methyl/N-ethyl adjacent to an activating group) is 1. The monoisotopic (exact) mass is 210 g/mol. The van der Waals surface area contributed by atoms with Gasteiger partial charge in [-0.3, -0.25) is 4.79 Å². The summed E-state index contributed by atoms with van der Waals surface area (Å²) in [5.74, 6) is 2.02. The van der Waals surface area contributed by atoms with Crippen LogP contribution in [0.5, 0.6) is 0 Å². The lowest BCUT2D eigenvalue weighted by atomic mass is 10.1. The number of carbonyl (C=O) groups excluding carboxylic acids is 1. The Bertz CT molecular complexity index is 246. The molecule has 0 saturated heterocycles. The van der Waals surface area contributed by atoms with E-state index < -0.39 is 0 Å². The van der Waals surface area contributed by atoms with E-state index in [9.17, 15) is 4.79 Å². The number of hydrogen-bond acceptors (Lipinski definition) is 2. The first kappa shape index (κ1) is 10.9. The quantitative estimate of drug-likeness (QED) is 0.737. The second-order valence-electron chi connectivity index (χ2n) is 5.43. The van der Waals surface area contributed by atoms with Gasteiger partial charge in [0.05, 0.1) is 0 Å². The highest BCUT2D eigenvalue weighted by Gasteiger charge is 2.40. The van der Waals surface area contributed by atoms with Crippen molar-refractivity contribution in [1.29, 1.82) is 0 Å². The van der Waals surface area contributed by atoms with E-state index in [1.165, 1.54) is 12.8 Å². The van der Waals surface area contributed by atoms with Crippen molar-refractivity contribution in [1.82, 2.24) is 10.2 Å². The van der Waals surface area contributed by atoms with Crippen LogP contribution in [0.4, 0.5) is 0 Å². The largest absolute Gasteiger partial charge is 0.354 e. The van der Waals surface area contributed by atoms with Crippen LogP contribution in [0, 0.1) is 17.8 Å². The fraction of sp³-hybridized carbons (Fsp3) is 0.917. The standard InChI is InChI=1S/C12H22N2O/c1-8-6-10(8)12(15)13-7-11(14(2)3)9-4-5-9/h8-11H,4-7H2,1-3H3,(H,13,15)/t8-,10+,11-/m1/s1. The van der Waals surface area contributed by atoms with Crippen molar-refractivity contribution < 1.29 is 4.79 Å². The average molecular weight is 210 g/mol. The normalized spacial score (nSPS) is 31.5. The minimum absolute atomic E-state index is 0.273. The highest BCUT2D eigenvalue weighted by atomic mass is 16.2. The van der Waals surface area contributed by atoms with Gasteiger partial charge in [0.25, 0.3) is 0 Å². The summed E-state index contributed by atoms with van der Waals surface area (Å²) >= 11 is 0. The van der Waals surface area contributed by atoms with Gasteiger partial charge in [0.2, 0.25) is 5.91 Å². The highest BCUT2D eigenvalue weighted by molar-refractivity contribution is 5.81. The summed E-state index contributed by atoms with van der Waals surface area (Å²) in [7, 11) is 4.21. The SMILES string of the molecule is C[C@@H]1C[C@@H]1C(=O)NC[C@H](C1CC1)N(C)C. The Morgan fingerprint density at radius 2 is 2.07 bits per heavy atom. The molecule has 3 nitrogen and oxygen atoms in total. The summed E-state index contributed by atoms with van der Waals surface area (Å²) in [4.78, 5) is 13.9. The third-order valence-corrected chi connectivity index (χ3v) is 3.76. The van der Waals surface area contributed by atoms with E-state index in [1.807, 2.05) is 0 Å². The van der Waals surface area contributed by atoms with Gasteiger partial charge in [-0.25, -0.2) is 0 Å². The summed E-state index contributed by atoms with van der Waals surface area (Å²) in [5, 5.41) is 3.10. The molecule has 0 aromatic heterocycles. The first-order valence-corrected chi connectivity index (χ1v) is 6.03. The molecule has 2 saturated carbocycles. The lowest BCUT2D eigenvalue weighted by Gasteiger charge is -2.24. The molecule has 2 rings (SSSR count). The van der Waals surface area contributed by atoms with E-state index in [0.29, 0.717) is 17.9 Å². The van der Waals surface area contributed by atoms with Crippen molar-refractivity contribution in [3.05, 3.63) is 0 Å². The van der Waals surface area contributed by atoms with Crippen LogP contribution in [0.15, 0.2) is 0 Å². The van der Waals surface area contributed by atoms with E-state index in [1.54, 1.807) is 0 Å². The number of rotatable bonds is 5. The number of nitrogens with one attached hydrogen (secondary N) is 1. The predicted molar refractivity (Wildman–Crippen MR) is 60.5 cm³/mol. The minimum Gasteiger partial charge on any atom is -0.354 e. The lowest BCUT2D eigenvalue weighted by molar-refractivity contribution is -0.122. The first-order valence-electron chi connectivity index (χ1n) is 6.03. The molecule has 2 aliphatic carbocycles. The number of hydrogen-bond donors (Lipinski definition) is 1. The van der Waals surface area contributed by atoms with Crippen molar-refractivity contribution in [3.8, 4) is 0 Å². The molecule has 1 amide bonds. The molecule has 2 aliphatic rings. The topological polar surface area (TPSA) is 32.3 Å². The smallest absolute Gasteiger partial charge is 0.223 e. The maximum atomic E-state index is 11.7. The summed E-state index contributed by atoms with van der Waals surface area (Å²) in [6.45, 7) is 2.98. The zero-order valence-corrected chi connectivity index (χ0v) is 9.99. The zero-order chi connectivity index (χ0) is 11.0. The molecule has 0 spiro atoms. The van der Waals surface area contributed by atoms with Gasteiger partial charge in [-0.05, 0) is 45.2 Å². The Morgan fingerprint density at radius 3 is 2.47 bits per heavy atom. The third kappa shape index (κ3) is 2.71. The number of nitrogens with zero attached hydrogens (tertiary/aromatic N) is 1. The predicted octanol–water partition coefficient (Wildman–Crippen LogP) is 1.10. The fourth-order valence-electron chi connectivity index (χ4n) is 2.28. The van der Waals surface area contributed by atoms with Crippen LogP contribution < -0.4 is 5.32 Å². The fourth-order valence-corrected chi connectivity index (χ4v) is 2.28. The molecule has 0 aromatic carbocycles. The molecule has 3 atom stereocenters. The lowest BCUT2D eigenvalue weighted by Crippen LogP contribution is -2.42. The van der Waals surface area contributed by atoms with Crippen LogP contribution in [0.2, 0.25) is 0 Å². The molecule has 0 aliphatic heterocycles. The van der Waals surface area contributed by atoms with Crippen LogP contribution >= 0.6 is 0 Å². The van der Waals surface area contributed by atoms with Crippen molar-refractivity contribution in [3.63, 3.8) is 0 Å². The maximum Gasteiger partial charge on any atom is 0.223 e. The minimum atomic E-state index is 0.273. The van der Waals surface area contributed by atoms with Gasteiger partial charge in [0, 0.05) is 18.5 Å². The van der Waals surface area contributed by atoms with Gasteiger partial charge >= 0.3 is 0 Å². The van der Waals surface area contributed by atoms with Crippen molar-refractivity contribution in [2.24, 2.45) is 17.8 Å². The second kappa shape index (κ2) is 4.12.